The zero-order valence-corrected chi connectivity index (χ0v) is 17.1. The SMILES string of the molecule is COCCN1C(=O)N(C(C)C)C(=O)C12CCN(Cc1cnn(C)c1C)CC2. The van der Waals surface area contributed by atoms with Gasteiger partial charge in [0.05, 0.1) is 12.8 Å². The van der Waals surface area contributed by atoms with Crippen molar-refractivity contribution < 1.29 is 14.3 Å². The lowest BCUT2D eigenvalue weighted by Crippen LogP contribution is -2.57. The maximum atomic E-state index is 13.2. The minimum atomic E-state index is -0.722. The monoisotopic (exact) mass is 377 g/mol. The van der Waals surface area contributed by atoms with Crippen molar-refractivity contribution in [2.45, 2.75) is 51.7 Å². The Morgan fingerprint density at radius 1 is 1.26 bits per heavy atom. The predicted molar refractivity (Wildman–Crippen MR) is 101 cm³/mol. The molecule has 0 atom stereocenters. The van der Waals surface area contributed by atoms with Gasteiger partial charge in [-0.25, -0.2) is 4.79 Å². The van der Waals surface area contributed by atoms with E-state index in [4.69, 9.17) is 4.74 Å². The molecule has 2 aliphatic heterocycles. The number of methoxy groups -OCH3 is 1. The van der Waals surface area contributed by atoms with Crippen molar-refractivity contribution in [1.82, 2.24) is 24.5 Å². The van der Waals surface area contributed by atoms with Crippen LogP contribution in [0.4, 0.5) is 4.79 Å². The first-order valence-electron chi connectivity index (χ1n) is 9.66. The highest BCUT2D eigenvalue weighted by Crippen LogP contribution is 2.38. The van der Waals surface area contributed by atoms with Crippen LogP contribution in [0, 0.1) is 6.92 Å². The van der Waals surface area contributed by atoms with Crippen molar-refractivity contribution in [2.75, 3.05) is 33.4 Å². The summed E-state index contributed by atoms with van der Waals surface area (Å²) in [4.78, 5) is 31.7. The summed E-state index contributed by atoms with van der Waals surface area (Å²) in [5.41, 5.74) is 1.65. The third-order valence-corrected chi connectivity index (χ3v) is 6.02. The van der Waals surface area contributed by atoms with Gasteiger partial charge in [-0.3, -0.25) is 19.3 Å². The molecule has 0 N–H and O–H groups in total. The van der Waals surface area contributed by atoms with Gasteiger partial charge in [0.15, 0.2) is 0 Å². The summed E-state index contributed by atoms with van der Waals surface area (Å²) < 4.78 is 7.07. The maximum absolute atomic E-state index is 13.2. The van der Waals surface area contributed by atoms with E-state index in [2.05, 4.69) is 16.9 Å². The number of ether oxygens (including phenoxy) is 1. The molecular weight excluding hydrogens is 346 g/mol. The van der Waals surface area contributed by atoms with Crippen molar-refractivity contribution in [2.24, 2.45) is 7.05 Å². The van der Waals surface area contributed by atoms with E-state index in [1.807, 2.05) is 31.8 Å². The van der Waals surface area contributed by atoms with Crippen molar-refractivity contribution >= 4 is 11.9 Å². The van der Waals surface area contributed by atoms with Crippen molar-refractivity contribution in [3.8, 4) is 0 Å². The summed E-state index contributed by atoms with van der Waals surface area (Å²) in [5, 5.41) is 4.31. The Hall–Kier alpha value is -1.93. The Bertz CT molecular complexity index is 706. The van der Waals surface area contributed by atoms with Gasteiger partial charge in [0, 0.05) is 57.6 Å². The van der Waals surface area contributed by atoms with Gasteiger partial charge in [-0.15, -0.1) is 0 Å². The van der Waals surface area contributed by atoms with Crippen LogP contribution in [0.1, 0.15) is 37.9 Å². The number of carbonyl (C=O) groups is 2. The molecule has 1 spiro atoms. The Labute approximate surface area is 161 Å². The molecule has 3 rings (SSSR count). The second-order valence-corrected chi connectivity index (χ2v) is 7.88. The highest BCUT2D eigenvalue weighted by molar-refractivity contribution is 6.07. The first-order valence-corrected chi connectivity index (χ1v) is 9.66. The Morgan fingerprint density at radius 2 is 1.93 bits per heavy atom. The number of carbonyl (C=O) groups excluding carboxylic acids is 2. The third-order valence-electron chi connectivity index (χ3n) is 6.02. The minimum absolute atomic E-state index is 0.0455. The number of hydrogen-bond donors (Lipinski definition) is 0. The molecule has 2 fully saturated rings. The average Bonchev–Trinajstić information content (AvgIpc) is 3.04. The van der Waals surface area contributed by atoms with Crippen LogP contribution < -0.4 is 0 Å². The average molecular weight is 377 g/mol. The molecule has 150 valence electrons. The van der Waals surface area contributed by atoms with Crippen LogP contribution in [-0.4, -0.2) is 81.4 Å². The molecule has 1 aromatic rings. The Morgan fingerprint density at radius 3 is 2.44 bits per heavy atom. The number of nitrogens with zero attached hydrogens (tertiary/aromatic N) is 5. The van der Waals surface area contributed by atoms with E-state index in [1.165, 1.54) is 10.5 Å². The minimum Gasteiger partial charge on any atom is -0.383 e. The van der Waals surface area contributed by atoms with Crippen LogP contribution in [0.5, 0.6) is 0 Å². The molecule has 2 aliphatic rings. The number of aromatic nitrogens is 2. The molecule has 1 aromatic heterocycles. The largest absolute Gasteiger partial charge is 0.383 e. The molecule has 0 saturated carbocycles. The molecule has 0 aliphatic carbocycles. The fraction of sp³-hybridized carbons (Fsp3) is 0.737. The van der Waals surface area contributed by atoms with Crippen LogP contribution in [0.3, 0.4) is 0 Å². The lowest BCUT2D eigenvalue weighted by Gasteiger charge is -2.42. The van der Waals surface area contributed by atoms with E-state index in [9.17, 15) is 9.59 Å². The number of imide groups is 1. The highest BCUT2D eigenvalue weighted by Gasteiger charge is 2.58. The molecule has 8 nitrogen and oxygen atoms in total. The van der Waals surface area contributed by atoms with E-state index in [-0.39, 0.29) is 18.0 Å². The van der Waals surface area contributed by atoms with Crippen molar-refractivity contribution in [1.29, 1.82) is 0 Å². The zero-order chi connectivity index (χ0) is 19.8. The van der Waals surface area contributed by atoms with Crippen molar-refractivity contribution in [3.05, 3.63) is 17.5 Å². The lowest BCUT2D eigenvalue weighted by atomic mass is 9.85. The summed E-state index contributed by atoms with van der Waals surface area (Å²) in [6.07, 6.45) is 3.23. The number of piperidine rings is 1. The molecule has 0 unspecified atom stereocenters. The Kier molecular flexibility index (Phi) is 5.58. The number of aryl methyl sites for hydroxylation is 1. The smallest absolute Gasteiger partial charge is 0.327 e. The topological polar surface area (TPSA) is 70.9 Å². The maximum Gasteiger partial charge on any atom is 0.327 e. The number of hydrogen-bond acceptors (Lipinski definition) is 5. The molecule has 3 heterocycles. The van der Waals surface area contributed by atoms with E-state index in [0.717, 1.165) is 25.3 Å². The first kappa shape index (κ1) is 19.8. The summed E-state index contributed by atoms with van der Waals surface area (Å²) >= 11 is 0. The molecule has 27 heavy (non-hydrogen) atoms. The molecule has 0 radical (unpaired) electrons. The molecule has 0 aromatic carbocycles. The van der Waals surface area contributed by atoms with Gasteiger partial charge in [-0.1, -0.05) is 0 Å². The lowest BCUT2D eigenvalue weighted by molar-refractivity contribution is -0.136. The fourth-order valence-electron chi connectivity index (χ4n) is 4.19. The van der Waals surface area contributed by atoms with E-state index < -0.39 is 5.54 Å². The predicted octanol–water partition coefficient (Wildman–Crippen LogP) is 1.38. The van der Waals surface area contributed by atoms with Gasteiger partial charge >= 0.3 is 6.03 Å². The first-order chi connectivity index (χ1) is 12.8. The molecule has 3 amide bonds. The second kappa shape index (κ2) is 7.59. The summed E-state index contributed by atoms with van der Waals surface area (Å²) in [6.45, 7) is 9.12. The molecule has 0 bridgehead atoms. The van der Waals surface area contributed by atoms with Crippen LogP contribution in [0.25, 0.3) is 0 Å². The standard InChI is InChI=1S/C19H31N5O3/c1-14(2)24-17(25)19(23(18(24)26)10-11-27-5)6-8-22(9-7-19)13-16-12-20-21(4)15(16)3/h12,14H,6-11,13H2,1-5H3. The van der Waals surface area contributed by atoms with Gasteiger partial charge in [0.2, 0.25) is 0 Å². The van der Waals surface area contributed by atoms with Gasteiger partial charge in [-0.05, 0) is 33.6 Å². The Balaban J connectivity index is 1.75. The quantitative estimate of drug-likeness (QED) is 0.701. The van der Waals surface area contributed by atoms with Crippen LogP contribution in [-0.2, 0) is 23.1 Å². The van der Waals surface area contributed by atoms with Crippen LogP contribution in [0.15, 0.2) is 6.20 Å². The highest BCUT2D eigenvalue weighted by atomic mass is 16.5. The van der Waals surface area contributed by atoms with Gasteiger partial charge in [0.1, 0.15) is 5.54 Å². The number of rotatable bonds is 6. The number of likely N-dealkylation sites (tertiary alicyclic amines) is 1. The summed E-state index contributed by atoms with van der Waals surface area (Å²) in [5.74, 6) is -0.0455. The van der Waals surface area contributed by atoms with Crippen LogP contribution in [0.2, 0.25) is 0 Å². The normalized spacial score (nSPS) is 20.5. The van der Waals surface area contributed by atoms with Gasteiger partial charge in [0.25, 0.3) is 5.91 Å². The van der Waals surface area contributed by atoms with E-state index in [1.54, 1.807) is 12.0 Å². The van der Waals surface area contributed by atoms with Crippen molar-refractivity contribution in [3.63, 3.8) is 0 Å². The fourth-order valence-corrected chi connectivity index (χ4v) is 4.19. The van der Waals surface area contributed by atoms with E-state index >= 15 is 0 Å². The zero-order valence-electron chi connectivity index (χ0n) is 17.1. The van der Waals surface area contributed by atoms with Crippen LogP contribution >= 0.6 is 0 Å². The number of amides is 3. The van der Waals surface area contributed by atoms with Gasteiger partial charge in [-0.2, -0.15) is 5.10 Å². The van der Waals surface area contributed by atoms with Gasteiger partial charge < -0.3 is 9.64 Å². The van der Waals surface area contributed by atoms with E-state index in [0.29, 0.717) is 26.0 Å². The third kappa shape index (κ3) is 3.36. The second-order valence-electron chi connectivity index (χ2n) is 7.88. The molecule has 2 saturated heterocycles. The molecule has 8 heteroatoms. The number of urea groups is 1. The molecular formula is C19H31N5O3. The summed E-state index contributed by atoms with van der Waals surface area (Å²) in [7, 11) is 3.56. The summed E-state index contributed by atoms with van der Waals surface area (Å²) in [6, 6.07) is -0.311.